The van der Waals surface area contributed by atoms with Gasteiger partial charge in [0.25, 0.3) is 0 Å². The minimum atomic E-state index is -3.07. The number of aliphatic hydroxyl groups is 1. The van der Waals surface area contributed by atoms with Gasteiger partial charge in [0.15, 0.2) is 21.3 Å². The van der Waals surface area contributed by atoms with Gasteiger partial charge in [0, 0.05) is 24.7 Å². The van der Waals surface area contributed by atoms with Crippen molar-refractivity contribution in [2.45, 2.75) is 32.0 Å². The zero-order valence-corrected chi connectivity index (χ0v) is 19.8. The minimum Gasteiger partial charge on any atom is -0.497 e. The van der Waals surface area contributed by atoms with Crippen molar-refractivity contribution in [1.29, 1.82) is 0 Å². The molecule has 2 atom stereocenters. The van der Waals surface area contributed by atoms with Crippen molar-refractivity contribution in [1.82, 2.24) is 4.90 Å². The fourth-order valence-corrected chi connectivity index (χ4v) is 5.63. The number of benzene rings is 2. The normalized spacial score (nSPS) is 18.1. The molecular weight excluding hydrogens is 446 g/mol. The Bertz CT molecular complexity index is 1020. The maximum absolute atomic E-state index is 12.1. The molecule has 8 nitrogen and oxygen atoms in total. The molecule has 1 saturated heterocycles. The molecule has 0 aromatic heterocycles. The Hall–Kier alpha value is -2.62. The molecule has 0 spiro atoms. The molecule has 1 fully saturated rings. The Labute approximate surface area is 195 Å². The highest BCUT2D eigenvalue weighted by atomic mass is 32.2. The first-order valence-electron chi connectivity index (χ1n) is 10.9. The molecule has 180 valence electrons. The molecule has 0 aliphatic carbocycles. The molecule has 33 heavy (non-hydrogen) atoms. The number of ether oxygens (including phenoxy) is 3. The van der Waals surface area contributed by atoms with Crippen molar-refractivity contribution in [2.24, 2.45) is 0 Å². The third-order valence-electron chi connectivity index (χ3n) is 5.55. The molecule has 0 saturated carbocycles. The van der Waals surface area contributed by atoms with Crippen molar-refractivity contribution in [3.05, 3.63) is 53.6 Å². The maximum atomic E-state index is 12.1. The number of methoxy groups -OCH3 is 1. The lowest BCUT2D eigenvalue weighted by atomic mass is 10.1. The van der Waals surface area contributed by atoms with Crippen molar-refractivity contribution in [3.63, 3.8) is 0 Å². The fourth-order valence-electron chi connectivity index (χ4n) is 3.87. The van der Waals surface area contributed by atoms with Crippen LogP contribution in [0.3, 0.4) is 0 Å². The Balaban J connectivity index is 1.68. The van der Waals surface area contributed by atoms with Gasteiger partial charge in [-0.1, -0.05) is 12.1 Å². The highest BCUT2D eigenvalue weighted by molar-refractivity contribution is 7.91. The Kier molecular flexibility index (Phi) is 8.71. The lowest BCUT2D eigenvalue weighted by molar-refractivity contribution is 0.0515. The lowest BCUT2D eigenvalue weighted by Gasteiger charge is -2.30. The highest BCUT2D eigenvalue weighted by Crippen LogP contribution is 2.28. The van der Waals surface area contributed by atoms with E-state index >= 15 is 0 Å². The van der Waals surface area contributed by atoms with E-state index in [9.17, 15) is 18.3 Å². The van der Waals surface area contributed by atoms with Gasteiger partial charge < -0.3 is 19.3 Å². The predicted octanol–water partition coefficient (Wildman–Crippen LogP) is 2.34. The van der Waals surface area contributed by atoms with Crippen LogP contribution in [0.5, 0.6) is 17.2 Å². The van der Waals surface area contributed by atoms with Crippen LogP contribution >= 0.6 is 0 Å². The van der Waals surface area contributed by atoms with Crippen LogP contribution in [0.15, 0.2) is 42.5 Å². The third kappa shape index (κ3) is 7.18. The summed E-state index contributed by atoms with van der Waals surface area (Å²) in [5, 5.41) is 10.7. The van der Waals surface area contributed by atoms with E-state index in [1.165, 1.54) is 0 Å². The number of sulfone groups is 1. The van der Waals surface area contributed by atoms with E-state index in [0.29, 0.717) is 36.6 Å². The predicted molar refractivity (Wildman–Crippen MR) is 125 cm³/mol. The maximum Gasteiger partial charge on any atom is 0.161 e. The molecule has 1 heterocycles. The van der Waals surface area contributed by atoms with Crippen LogP contribution in [-0.2, 0) is 16.4 Å². The first-order valence-corrected chi connectivity index (χ1v) is 12.8. The third-order valence-corrected chi connectivity index (χ3v) is 7.30. The van der Waals surface area contributed by atoms with Gasteiger partial charge in [-0.2, -0.15) is 0 Å². The monoisotopic (exact) mass is 477 g/mol. The highest BCUT2D eigenvalue weighted by Gasteiger charge is 2.33. The van der Waals surface area contributed by atoms with Gasteiger partial charge in [0.05, 0.1) is 25.2 Å². The lowest BCUT2D eigenvalue weighted by Crippen LogP contribution is -2.42. The number of hydrogen-bond donors (Lipinski definition) is 1. The molecule has 2 aromatic rings. The number of hydrogen-bond acceptors (Lipinski definition) is 8. The molecule has 2 aromatic carbocycles. The summed E-state index contributed by atoms with van der Waals surface area (Å²) >= 11 is 0. The van der Waals surface area contributed by atoms with Gasteiger partial charge in [0.1, 0.15) is 24.7 Å². The summed E-state index contributed by atoms with van der Waals surface area (Å²) in [5.41, 5.74) is 1.47. The van der Waals surface area contributed by atoms with E-state index < -0.39 is 15.9 Å². The number of carbonyl (C=O) groups excluding carboxylic acids is 1. The van der Waals surface area contributed by atoms with Crippen LogP contribution in [0.4, 0.5) is 0 Å². The average molecular weight is 478 g/mol. The van der Waals surface area contributed by atoms with Crippen molar-refractivity contribution >= 4 is 16.1 Å². The standard InChI is InChI=1S/C24H31NO7S/c1-3-31-24-12-19(15-26)6-9-23(24)32-16-21(27)14-25(20-10-11-33(28,29)17-20)13-18-4-7-22(30-2)8-5-18/h4-9,12,15,20-21,27H,3,10-11,13-14,16-17H2,1-2H3. The van der Waals surface area contributed by atoms with E-state index in [0.717, 1.165) is 17.6 Å². The smallest absolute Gasteiger partial charge is 0.161 e. The van der Waals surface area contributed by atoms with Gasteiger partial charge >= 0.3 is 0 Å². The van der Waals surface area contributed by atoms with Crippen LogP contribution < -0.4 is 14.2 Å². The molecule has 0 radical (unpaired) electrons. The molecule has 0 bridgehead atoms. The largest absolute Gasteiger partial charge is 0.497 e. The van der Waals surface area contributed by atoms with Gasteiger partial charge in [-0.25, -0.2) is 8.42 Å². The Morgan fingerprint density at radius 2 is 1.91 bits per heavy atom. The summed E-state index contributed by atoms with van der Waals surface area (Å²) < 4.78 is 40.6. The summed E-state index contributed by atoms with van der Waals surface area (Å²) in [4.78, 5) is 13.0. The molecule has 1 aliphatic rings. The molecule has 2 unspecified atom stereocenters. The number of aldehydes is 1. The number of rotatable bonds is 12. The summed E-state index contributed by atoms with van der Waals surface area (Å²) in [5.74, 6) is 1.86. The number of nitrogens with zero attached hydrogens (tertiary/aromatic N) is 1. The van der Waals surface area contributed by atoms with E-state index in [-0.39, 0.29) is 30.7 Å². The fraction of sp³-hybridized carbons (Fsp3) is 0.458. The molecular formula is C24H31NO7S. The summed E-state index contributed by atoms with van der Waals surface area (Å²) in [6.45, 7) is 2.99. The van der Waals surface area contributed by atoms with Gasteiger partial charge in [0.2, 0.25) is 0 Å². The second-order valence-corrected chi connectivity index (χ2v) is 10.3. The first kappa shape index (κ1) is 25.0. The van der Waals surface area contributed by atoms with E-state index in [2.05, 4.69) is 0 Å². The molecule has 3 rings (SSSR count). The van der Waals surface area contributed by atoms with Crippen LogP contribution in [0.1, 0.15) is 29.3 Å². The second-order valence-electron chi connectivity index (χ2n) is 8.06. The van der Waals surface area contributed by atoms with E-state index in [1.807, 2.05) is 36.1 Å². The average Bonchev–Trinajstić information content (AvgIpc) is 3.18. The van der Waals surface area contributed by atoms with Crippen molar-refractivity contribution in [2.75, 3.05) is 38.4 Å². The zero-order valence-electron chi connectivity index (χ0n) is 19.0. The van der Waals surface area contributed by atoms with Crippen LogP contribution in [0.25, 0.3) is 0 Å². The summed E-state index contributed by atoms with van der Waals surface area (Å²) in [7, 11) is -1.47. The SMILES string of the molecule is CCOc1cc(C=O)ccc1OCC(O)CN(Cc1ccc(OC)cc1)C1CCS(=O)(=O)C1. The van der Waals surface area contributed by atoms with Gasteiger partial charge in [-0.3, -0.25) is 9.69 Å². The van der Waals surface area contributed by atoms with E-state index in [1.54, 1.807) is 25.3 Å². The minimum absolute atomic E-state index is 0.000900. The van der Waals surface area contributed by atoms with Crippen molar-refractivity contribution in [3.8, 4) is 17.2 Å². The van der Waals surface area contributed by atoms with Gasteiger partial charge in [-0.15, -0.1) is 0 Å². The summed E-state index contributed by atoms with van der Waals surface area (Å²) in [6, 6.07) is 12.3. The van der Waals surface area contributed by atoms with Crippen LogP contribution in [-0.4, -0.2) is 75.2 Å². The quantitative estimate of drug-likeness (QED) is 0.465. The van der Waals surface area contributed by atoms with Crippen LogP contribution in [0, 0.1) is 0 Å². The Morgan fingerprint density at radius 1 is 1.15 bits per heavy atom. The van der Waals surface area contributed by atoms with E-state index in [4.69, 9.17) is 14.2 Å². The molecule has 0 amide bonds. The molecule has 1 aliphatic heterocycles. The second kappa shape index (κ2) is 11.5. The molecule has 9 heteroatoms. The Morgan fingerprint density at radius 3 is 2.52 bits per heavy atom. The number of aliphatic hydroxyl groups excluding tert-OH is 1. The van der Waals surface area contributed by atoms with Crippen LogP contribution in [0.2, 0.25) is 0 Å². The number of carbonyl (C=O) groups is 1. The topological polar surface area (TPSA) is 102 Å². The first-order chi connectivity index (χ1) is 15.8. The van der Waals surface area contributed by atoms with Gasteiger partial charge in [-0.05, 0) is 49.2 Å². The zero-order chi connectivity index (χ0) is 23.8. The molecule has 1 N–H and O–H groups in total. The van der Waals surface area contributed by atoms with Crippen molar-refractivity contribution < 1.29 is 32.5 Å². The summed E-state index contributed by atoms with van der Waals surface area (Å²) in [6.07, 6.45) is 0.411.